The number of nitrogens with zero attached hydrogens (tertiary/aromatic N) is 1. The summed E-state index contributed by atoms with van der Waals surface area (Å²) in [6, 6.07) is 0. The first kappa shape index (κ1) is 19.2. The molecule has 0 aliphatic rings. The lowest BCUT2D eigenvalue weighted by atomic mass is 10.2. The van der Waals surface area contributed by atoms with Gasteiger partial charge in [-0.3, -0.25) is 9.59 Å². The van der Waals surface area contributed by atoms with Crippen LogP contribution in [-0.2, 0) is 19.1 Å². The van der Waals surface area contributed by atoms with Crippen molar-refractivity contribution >= 4 is 18.0 Å². The van der Waals surface area contributed by atoms with Crippen molar-refractivity contribution in [3.05, 3.63) is 0 Å². The Morgan fingerprint density at radius 2 is 1.86 bits per heavy atom. The molecule has 21 heavy (non-hydrogen) atoms. The molecular weight excluding hydrogens is 278 g/mol. The molecule has 122 valence electrons. The molecule has 8 nitrogen and oxygen atoms in total. The monoisotopic (exact) mass is 303 g/mol. The molecule has 0 aromatic rings. The van der Waals surface area contributed by atoms with E-state index in [4.69, 9.17) is 15.2 Å². The molecule has 0 saturated heterocycles. The lowest BCUT2D eigenvalue weighted by molar-refractivity contribution is -0.148. The summed E-state index contributed by atoms with van der Waals surface area (Å²) in [6.07, 6.45) is -0.584. The van der Waals surface area contributed by atoms with Crippen LogP contribution in [-0.4, -0.2) is 61.3 Å². The largest absolute Gasteiger partial charge is 0.465 e. The second kappa shape index (κ2) is 9.17. The van der Waals surface area contributed by atoms with Crippen molar-refractivity contribution in [3.63, 3.8) is 0 Å². The van der Waals surface area contributed by atoms with Gasteiger partial charge in [0.1, 0.15) is 12.1 Å². The van der Waals surface area contributed by atoms with E-state index in [0.717, 1.165) is 0 Å². The van der Waals surface area contributed by atoms with Crippen molar-refractivity contribution < 1.29 is 23.9 Å². The number of alkyl carbamates (subject to hydrolysis) is 1. The Bertz CT molecular complexity index is 365. The third kappa shape index (κ3) is 9.67. The van der Waals surface area contributed by atoms with Crippen LogP contribution < -0.4 is 11.1 Å². The van der Waals surface area contributed by atoms with Crippen LogP contribution in [0, 0.1) is 0 Å². The molecule has 0 spiro atoms. The van der Waals surface area contributed by atoms with Crippen LogP contribution in [0.1, 0.15) is 27.7 Å². The number of esters is 1. The Kier molecular flexibility index (Phi) is 8.37. The molecule has 0 radical (unpaired) electrons. The molecular formula is C13H25N3O5. The highest BCUT2D eigenvalue weighted by Gasteiger charge is 2.18. The maximum absolute atomic E-state index is 11.6. The fourth-order valence-electron chi connectivity index (χ4n) is 1.39. The number of amides is 2. The first-order valence-electron chi connectivity index (χ1n) is 6.80. The van der Waals surface area contributed by atoms with E-state index in [1.54, 1.807) is 27.7 Å². The fraction of sp³-hybridized carbons (Fsp3) is 0.769. The average molecular weight is 303 g/mol. The fourth-order valence-corrected chi connectivity index (χ4v) is 1.39. The molecule has 8 heteroatoms. The number of rotatable bonds is 7. The van der Waals surface area contributed by atoms with Gasteiger partial charge in [-0.2, -0.15) is 0 Å². The molecule has 0 aliphatic heterocycles. The van der Waals surface area contributed by atoms with E-state index in [9.17, 15) is 14.4 Å². The topological polar surface area (TPSA) is 111 Å². The van der Waals surface area contributed by atoms with Crippen LogP contribution >= 0.6 is 0 Å². The third-order valence-electron chi connectivity index (χ3n) is 2.20. The molecule has 0 heterocycles. The summed E-state index contributed by atoms with van der Waals surface area (Å²) < 4.78 is 9.83. The van der Waals surface area contributed by atoms with Gasteiger partial charge in [0.15, 0.2) is 0 Å². The lowest BCUT2D eigenvalue weighted by Crippen LogP contribution is -2.44. The van der Waals surface area contributed by atoms with Gasteiger partial charge < -0.3 is 25.4 Å². The Labute approximate surface area is 124 Å². The molecule has 0 fully saturated rings. The minimum atomic E-state index is -0.595. The van der Waals surface area contributed by atoms with Crippen molar-refractivity contribution in [2.75, 3.05) is 32.8 Å². The maximum atomic E-state index is 11.6. The Morgan fingerprint density at radius 1 is 1.24 bits per heavy atom. The highest BCUT2D eigenvalue weighted by molar-refractivity contribution is 5.83. The van der Waals surface area contributed by atoms with Crippen LogP contribution in [0.2, 0.25) is 0 Å². The van der Waals surface area contributed by atoms with Gasteiger partial charge in [-0.1, -0.05) is 0 Å². The SMILES string of the molecule is CCOC(=O)CN(CCNC(=O)OC(C)(C)C)C(=O)CN. The van der Waals surface area contributed by atoms with Gasteiger partial charge in [0.25, 0.3) is 0 Å². The molecule has 0 unspecified atom stereocenters. The smallest absolute Gasteiger partial charge is 0.407 e. The number of ether oxygens (including phenoxy) is 2. The van der Waals surface area contributed by atoms with Gasteiger partial charge >= 0.3 is 12.1 Å². The molecule has 0 saturated carbocycles. The van der Waals surface area contributed by atoms with Crippen molar-refractivity contribution in [1.82, 2.24) is 10.2 Å². The Hall–Kier alpha value is -1.83. The van der Waals surface area contributed by atoms with Crippen molar-refractivity contribution in [3.8, 4) is 0 Å². The summed E-state index contributed by atoms with van der Waals surface area (Å²) in [5.41, 5.74) is 4.69. The van der Waals surface area contributed by atoms with Crippen LogP contribution in [0.4, 0.5) is 4.79 Å². The lowest BCUT2D eigenvalue weighted by Gasteiger charge is -2.23. The van der Waals surface area contributed by atoms with Crippen LogP contribution in [0.15, 0.2) is 0 Å². The number of nitrogens with two attached hydrogens (primary N) is 1. The van der Waals surface area contributed by atoms with E-state index in [2.05, 4.69) is 5.32 Å². The van der Waals surface area contributed by atoms with E-state index >= 15 is 0 Å². The summed E-state index contributed by atoms with van der Waals surface area (Å²) in [6.45, 7) is 7.04. The molecule has 0 atom stereocenters. The van der Waals surface area contributed by atoms with Crippen molar-refractivity contribution in [2.24, 2.45) is 5.73 Å². The Morgan fingerprint density at radius 3 is 2.33 bits per heavy atom. The molecule has 0 rings (SSSR count). The summed E-state index contributed by atoms with van der Waals surface area (Å²) in [5.74, 6) is -0.911. The van der Waals surface area contributed by atoms with Crippen LogP contribution in [0.25, 0.3) is 0 Å². The van der Waals surface area contributed by atoms with E-state index in [0.29, 0.717) is 0 Å². The highest BCUT2D eigenvalue weighted by Crippen LogP contribution is 2.06. The van der Waals surface area contributed by atoms with E-state index in [1.807, 2.05) is 0 Å². The first-order valence-corrected chi connectivity index (χ1v) is 6.80. The second-order valence-corrected chi connectivity index (χ2v) is 5.25. The van der Waals surface area contributed by atoms with Crippen LogP contribution in [0.3, 0.4) is 0 Å². The quantitative estimate of drug-likeness (QED) is 0.633. The molecule has 0 aromatic heterocycles. The summed E-state index contributed by atoms with van der Waals surface area (Å²) >= 11 is 0. The zero-order chi connectivity index (χ0) is 16.5. The predicted octanol–water partition coefficient (Wildman–Crippen LogP) is -0.138. The second-order valence-electron chi connectivity index (χ2n) is 5.25. The van der Waals surface area contributed by atoms with Crippen molar-refractivity contribution in [1.29, 1.82) is 0 Å². The van der Waals surface area contributed by atoms with E-state index in [-0.39, 0.29) is 32.8 Å². The predicted molar refractivity (Wildman–Crippen MR) is 76.5 cm³/mol. The van der Waals surface area contributed by atoms with E-state index in [1.165, 1.54) is 4.90 Å². The van der Waals surface area contributed by atoms with Gasteiger partial charge in [-0.05, 0) is 27.7 Å². The normalized spacial score (nSPS) is 10.7. The molecule has 0 bridgehead atoms. The maximum Gasteiger partial charge on any atom is 0.407 e. The van der Waals surface area contributed by atoms with Gasteiger partial charge in [0.05, 0.1) is 13.2 Å². The molecule has 0 aromatic carbocycles. The minimum absolute atomic E-state index is 0.147. The Balaban J connectivity index is 4.27. The molecule has 2 amide bonds. The standard InChI is InChI=1S/C13H25N3O5/c1-5-20-11(18)9-16(10(17)8-14)7-6-15-12(19)21-13(2,3)4/h5-9,14H2,1-4H3,(H,15,19). The van der Waals surface area contributed by atoms with Crippen LogP contribution in [0.5, 0.6) is 0 Å². The third-order valence-corrected chi connectivity index (χ3v) is 2.20. The molecule has 0 aliphatic carbocycles. The number of carbonyl (C=O) groups is 3. The molecule has 3 N–H and O–H groups in total. The zero-order valence-electron chi connectivity index (χ0n) is 13.1. The van der Waals surface area contributed by atoms with Gasteiger partial charge in [0, 0.05) is 13.1 Å². The minimum Gasteiger partial charge on any atom is -0.465 e. The number of nitrogens with one attached hydrogen (secondary N) is 1. The number of carbonyl (C=O) groups excluding carboxylic acids is 3. The summed E-state index contributed by atoms with van der Waals surface area (Å²) in [7, 11) is 0. The van der Waals surface area contributed by atoms with Gasteiger partial charge in [-0.15, -0.1) is 0 Å². The van der Waals surface area contributed by atoms with Crippen molar-refractivity contribution in [2.45, 2.75) is 33.3 Å². The zero-order valence-corrected chi connectivity index (χ0v) is 13.1. The highest BCUT2D eigenvalue weighted by atomic mass is 16.6. The van der Waals surface area contributed by atoms with E-state index < -0.39 is 23.6 Å². The number of hydrogen-bond donors (Lipinski definition) is 2. The average Bonchev–Trinajstić information content (AvgIpc) is 2.34. The summed E-state index contributed by atoms with van der Waals surface area (Å²) in [5, 5.41) is 2.51. The summed E-state index contributed by atoms with van der Waals surface area (Å²) in [4.78, 5) is 35.7. The van der Waals surface area contributed by atoms with Gasteiger partial charge in [0.2, 0.25) is 5.91 Å². The van der Waals surface area contributed by atoms with Gasteiger partial charge in [-0.25, -0.2) is 4.79 Å². The first-order chi connectivity index (χ1) is 9.69. The number of hydrogen-bond acceptors (Lipinski definition) is 6.